The highest BCUT2D eigenvalue weighted by atomic mass is 16.5. The first kappa shape index (κ1) is 16.3. The number of benzene rings is 1. The molecule has 2 heterocycles. The van der Waals surface area contributed by atoms with E-state index < -0.39 is 0 Å². The molecule has 0 N–H and O–H groups in total. The summed E-state index contributed by atoms with van der Waals surface area (Å²) in [6.07, 6.45) is 4.64. The predicted octanol–water partition coefficient (Wildman–Crippen LogP) is 2.74. The minimum atomic E-state index is 0.0733. The fourth-order valence-electron chi connectivity index (χ4n) is 3.37. The maximum atomic E-state index is 12.2. The van der Waals surface area contributed by atoms with Gasteiger partial charge < -0.3 is 14.2 Å². The lowest BCUT2D eigenvalue weighted by Crippen LogP contribution is -2.50. The fourth-order valence-corrected chi connectivity index (χ4v) is 3.37. The Kier molecular flexibility index (Phi) is 4.57. The van der Waals surface area contributed by atoms with Gasteiger partial charge >= 0.3 is 0 Å². The number of ether oxygens (including phenoxy) is 1. The van der Waals surface area contributed by atoms with Crippen LogP contribution in [0.25, 0.3) is 0 Å². The zero-order valence-corrected chi connectivity index (χ0v) is 14.7. The quantitative estimate of drug-likeness (QED) is 0.779. The normalized spacial score (nSPS) is 17.6. The van der Waals surface area contributed by atoms with Gasteiger partial charge in [-0.1, -0.05) is 30.3 Å². The van der Waals surface area contributed by atoms with E-state index in [-0.39, 0.29) is 12.5 Å². The van der Waals surface area contributed by atoms with Crippen LogP contribution in [0.2, 0.25) is 0 Å². The molecule has 0 bridgehead atoms. The van der Waals surface area contributed by atoms with Crippen LogP contribution in [0.3, 0.4) is 0 Å². The van der Waals surface area contributed by atoms with Crippen LogP contribution in [0.5, 0.6) is 0 Å². The molecule has 1 aliphatic heterocycles. The first-order chi connectivity index (χ1) is 12.2. The molecule has 1 saturated carbocycles. The molecular weight excluding hydrogens is 314 g/mol. The molecule has 25 heavy (non-hydrogen) atoms. The van der Waals surface area contributed by atoms with Crippen molar-refractivity contribution in [2.24, 2.45) is 5.92 Å². The average Bonchev–Trinajstić information content (AvgIpc) is 3.33. The predicted molar refractivity (Wildman–Crippen MR) is 95.1 cm³/mol. The summed E-state index contributed by atoms with van der Waals surface area (Å²) >= 11 is 0. The second kappa shape index (κ2) is 7.00. The van der Waals surface area contributed by atoms with Crippen molar-refractivity contribution >= 4 is 5.91 Å². The van der Waals surface area contributed by atoms with Crippen molar-refractivity contribution in [2.75, 3.05) is 19.7 Å². The van der Waals surface area contributed by atoms with Gasteiger partial charge in [-0.15, -0.1) is 0 Å². The van der Waals surface area contributed by atoms with Crippen molar-refractivity contribution in [2.45, 2.75) is 38.8 Å². The van der Waals surface area contributed by atoms with Gasteiger partial charge in [0, 0.05) is 31.5 Å². The molecule has 2 aliphatic rings. The van der Waals surface area contributed by atoms with Crippen molar-refractivity contribution in [3.63, 3.8) is 0 Å². The van der Waals surface area contributed by atoms with Crippen LogP contribution in [0.1, 0.15) is 35.8 Å². The molecule has 2 aromatic rings. The molecule has 1 aromatic carbocycles. The zero-order valence-electron chi connectivity index (χ0n) is 14.7. The molecule has 1 aliphatic carbocycles. The van der Waals surface area contributed by atoms with E-state index in [9.17, 15) is 4.79 Å². The number of imidazole rings is 1. The number of carbonyl (C=O) groups is 1. The molecule has 1 saturated heterocycles. The third-order valence-electron chi connectivity index (χ3n) is 5.16. The molecule has 0 radical (unpaired) electrons. The summed E-state index contributed by atoms with van der Waals surface area (Å²) < 4.78 is 7.91. The number of likely N-dealkylation sites (tertiary alicyclic amines) is 1. The lowest BCUT2D eigenvalue weighted by molar-refractivity contribution is -0.141. The van der Waals surface area contributed by atoms with Crippen molar-refractivity contribution in [1.82, 2.24) is 14.5 Å². The third kappa shape index (κ3) is 3.76. The molecule has 0 spiro atoms. The number of aryl methyl sites for hydroxylation is 1. The molecule has 4 rings (SSSR count). The number of hydrogen-bond donors (Lipinski definition) is 0. The van der Waals surface area contributed by atoms with E-state index in [1.807, 2.05) is 41.4 Å². The Balaban J connectivity index is 1.25. The summed E-state index contributed by atoms with van der Waals surface area (Å²) in [5, 5.41) is 0. The van der Waals surface area contributed by atoms with Crippen molar-refractivity contribution in [1.29, 1.82) is 0 Å². The summed E-state index contributed by atoms with van der Waals surface area (Å²) in [5.74, 6) is 2.42. The molecule has 5 nitrogen and oxygen atoms in total. The van der Waals surface area contributed by atoms with Crippen LogP contribution in [0, 0.1) is 12.8 Å². The Morgan fingerprint density at radius 2 is 2.00 bits per heavy atom. The Bertz CT molecular complexity index is 731. The van der Waals surface area contributed by atoms with Crippen LogP contribution in [-0.4, -0.2) is 40.1 Å². The van der Waals surface area contributed by atoms with E-state index in [1.165, 1.54) is 18.5 Å². The molecule has 0 unspecified atom stereocenters. The molecule has 2 fully saturated rings. The SMILES string of the molecule is Cc1cnc(C2CN(C(=O)COCc3ccccc3)C2)n1CC1CC1. The number of aromatic nitrogens is 2. The molecule has 1 aromatic heterocycles. The van der Waals surface area contributed by atoms with Gasteiger partial charge in [-0.2, -0.15) is 0 Å². The monoisotopic (exact) mass is 339 g/mol. The van der Waals surface area contributed by atoms with Crippen LogP contribution in [0.15, 0.2) is 36.5 Å². The standard InChI is InChI=1S/C20H25N3O2/c1-15-9-21-20(23(15)10-16-7-8-16)18-11-22(12-18)19(24)14-25-13-17-5-3-2-4-6-17/h2-6,9,16,18H,7-8,10-14H2,1H3. The lowest BCUT2D eigenvalue weighted by Gasteiger charge is -2.39. The highest BCUT2D eigenvalue weighted by Gasteiger charge is 2.35. The minimum Gasteiger partial charge on any atom is -0.367 e. The number of carbonyl (C=O) groups excluding carboxylic acids is 1. The lowest BCUT2D eigenvalue weighted by atomic mass is 9.99. The van der Waals surface area contributed by atoms with Gasteiger partial charge in [0.05, 0.1) is 12.5 Å². The van der Waals surface area contributed by atoms with Crippen molar-refractivity contribution < 1.29 is 9.53 Å². The van der Waals surface area contributed by atoms with Crippen LogP contribution >= 0.6 is 0 Å². The molecule has 1 amide bonds. The van der Waals surface area contributed by atoms with E-state index >= 15 is 0 Å². The Hall–Kier alpha value is -2.14. The van der Waals surface area contributed by atoms with Crippen molar-refractivity contribution in [3.8, 4) is 0 Å². The van der Waals surface area contributed by atoms with Gasteiger partial charge in [-0.3, -0.25) is 4.79 Å². The Morgan fingerprint density at radius 3 is 2.72 bits per heavy atom. The molecule has 132 valence electrons. The molecular formula is C20H25N3O2. The Morgan fingerprint density at radius 1 is 1.24 bits per heavy atom. The topological polar surface area (TPSA) is 47.4 Å². The van der Waals surface area contributed by atoms with Gasteiger partial charge in [0.1, 0.15) is 12.4 Å². The van der Waals surface area contributed by atoms with Gasteiger partial charge in [0.2, 0.25) is 5.91 Å². The zero-order chi connectivity index (χ0) is 17.2. The number of amides is 1. The van der Waals surface area contributed by atoms with E-state index in [1.54, 1.807) is 0 Å². The number of nitrogens with zero attached hydrogens (tertiary/aromatic N) is 3. The number of hydrogen-bond acceptors (Lipinski definition) is 3. The van der Waals surface area contributed by atoms with Crippen molar-refractivity contribution in [3.05, 3.63) is 53.6 Å². The largest absolute Gasteiger partial charge is 0.367 e. The summed E-state index contributed by atoms with van der Waals surface area (Å²) in [7, 11) is 0. The summed E-state index contributed by atoms with van der Waals surface area (Å²) in [6, 6.07) is 9.95. The van der Waals surface area contributed by atoms with Gasteiger partial charge in [-0.25, -0.2) is 4.98 Å². The highest BCUT2D eigenvalue weighted by molar-refractivity contribution is 5.78. The van der Waals surface area contributed by atoms with Gasteiger partial charge in [-0.05, 0) is 31.2 Å². The van der Waals surface area contributed by atoms with E-state index in [2.05, 4.69) is 16.5 Å². The average molecular weight is 339 g/mol. The summed E-state index contributed by atoms with van der Waals surface area (Å²) in [5.41, 5.74) is 2.33. The van der Waals surface area contributed by atoms with Crippen LogP contribution in [0.4, 0.5) is 0 Å². The second-order valence-electron chi connectivity index (χ2n) is 7.29. The molecule has 5 heteroatoms. The minimum absolute atomic E-state index is 0.0733. The maximum Gasteiger partial charge on any atom is 0.248 e. The highest BCUT2D eigenvalue weighted by Crippen LogP contribution is 2.34. The smallest absolute Gasteiger partial charge is 0.248 e. The van der Waals surface area contributed by atoms with E-state index in [0.717, 1.165) is 36.9 Å². The first-order valence-corrected chi connectivity index (χ1v) is 9.12. The van der Waals surface area contributed by atoms with Crippen LogP contribution in [-0.2, 0) is 22.7 Å². The Labute approximate surface area is 148 Å². The van der Waals surface area contributed by atoms with Gasteiger partial charge in [0.25, 0.3) is 0 Å². The summed E-state index contributed by atoms with van der Waals surface area (Å²) in [6.45, 7) is 5.36. The summed E-state index contributed by atoms with van der Waals surface area (Å²) in [4.78, 5) is 18.7. The first-order valence-electron chi connectivity index (χ1n) is 9.12. The fraction of sp³-hybridized carbons (Fsp3) is 0.500. The maximum absolute atomic E-state index is 12.2. The third-order valence-corrected chi connectivity index (χ3v) is 5.16. The van der Waals surface area contributed by atoms with E-state index in [0.29, 0.717) is 12.5 Å². The molecule has 0 atom stereocenters. The van der Waals surface area contributed by atoms with E-state index in [4.69, 9.17) is 4.74 Å². The number of rotatable bonds is 7. The van der Waals surface area contributed by atoms with Crippen LogP contribution < -0.4 is 0 Å². The second-order valence-corrected chi connectivity index (χ2v) is 7.29. The van der Waals surface area contributed by atoms with Gasteiger partial charge in [0.15, 0.2) is 0 Å².